The van der Waals surface area contributed by atoms with Gasteiger partial charge in [0.1, 0.15) is 0 Å². The van der Waals surface area contributed by atoms with E-state index in [0.717, 1.165) is 45.9 Å². The molecule has 24 heavy (non-hydrogen) atoms. The molecule has 0 amide bonds. The fourth-order valence-corrected chi connectivity index (χ4v) is 4.13. The predicted molar refractivity (Wildman–Crippen MR) is 109 cm³/mol. The lowest BCUT2D eigenvalue weighted by atomic mass is 10.2. The zero-order valence-corrected chi connectivity index (χ0v) is 18.5. The molecule has 1 aromatic rings. The second-order valence-electron chi connectivity index (χ2n) is 8.32. The van der Waals surface area contributed by atoms with Crippen LogP contribution in [0.3, 0.4) is 0 Å². The first-order valence-electron chi connectivity index (χ1n) is 9.01. The van der Waals surface area contributed by atoms with E-state index in [1.165, 1.54) is 10.0 Å². The van der Waals surface area contributed by atoms with Crippen LogP contribution in [0.2, 0.25) is 18.1 Å². The van der Waals surface area contributed by atoms with Crippen LogP contribution in [-0.4, -0.2) is 57.4 Å². The molecule has 1 fully saturated rings. The highest BCUT2D eigenvalue weighted by molar-refractivity contribution is 9.10. The third kappa shape index (κ3) is 5.66. The second-order valence-corrected chi connectivity index (χ2v) is 14.0. The van der Waals surface area contributed by atoms with E-state index in [0.29, 0.717) is 5.04 Å². The van der Waals surface area contributed by atoms with Crippen LogP contribution in [0.1, 0.15) is 26.3 Å². The van der Waals surface area contributed by atoms with Gasteiger partial charge in [-0.25, -0.2) is 0 Å². The van der Waals surface area contributed by atoms with E-state index >= 15 is 0 Å². The van der Waals surface area contributed by atoms with Crippen molar-refractivity contribution < 1.29 is 4.43 Å². The molecule has 1 aliphatic heterocycles. The van der Waals surface area contributed by atoms with Crippen LogP contribution >= 0.6 is 15.9 Å². The Morgan fingerprint density at radius 2 is 1.62 bits per heavy atom. The summed E-state index contributed by atoms with van der Waals surface area (Å²) < 4.78 is 7.53. The summed E-state index contributed by atoms with van der Waals surface area (Å²) in [5, 5.41) is 0.300. The molecule has 0 N–H and O–H groups in total. The summed E-state index contributed by atoms with van der Waals surface area (Å²) in [7, 11) is -1.60. The van der Waals surface area contributed by atoms with E-state index in [1.54, 1.807) is 0 Å². The molecule has 1 saturated heterocycles. The van der Waals surface area contributed by atoms with Gasteiger partial charge in [-0.3, -0.25) is 9.80 Å². The average molecular weight is 413 g/mol. The van der Waals surface area contributed by atoms with Gasteiger partial charge in [0, 0.05) is 50.3 Å². The molecule has 0 aliphatic carbocycles. The predicted octanol–water partition coefficient (Wildman–Crippen LogP) is 4.59. The molecule has 0 saturated carbocycles. The number of piperazine rings is 1. The minimum atomic E-state index is -1.60. The van der Waals surface area contributed by atoms with Crippen molar-refractivity contribution in [3.05, 3.63) is 34.3 Å². The lowest BCUT2D eigenvalue weighted by Crippen LogP contribution is -2.48. The topological polar surface area (TPSA) is 15.7 Å². The molecule has 2 rings (SSSR count). The van der Waals surface area contributed by atoms with Gasteiger partial charge in [0.15, 0.2) is 8.32 Å². The SMILES string of the molecule is CC(C)(C)[Si](C)(C)OCCN1CCN(Cc2ccccc2Br)CC1. The summed E-state index contributed by atoms with van der Waals surface area (Å²) in [5.41, 5.74) is 1.38. The number of halogens is 1. The zero-order valence-electron chi connectivity index (χ0n) is 15.9. The zero-order chi connectivity index (χ0) is 17.8. The Balaban J connectivity index is 1.71. The number of hydrogen-bond acceptors (Lipinski definition) is 3. The number of nitrogens with zero attached hydrogens (tertiary/aromatic N) is 2. The van der Waals surface area contributed by atoms with Crippen molar-refractivity contribution in [2.24, 2.45) is 0 Å². The fourth-order valence-electron chi connectivity index (χ4n) is 2.68. The quantitative estimate of drug-likeness (QED) is 0.635. The first kappa shape index (κ1) is 20.1. The monoisotopic (exact) mass is 412 g/mol. The Labute approximate surface area is 157 Å². The molecule has 0 unspecified atom stereocenters. The average Bonchev–Trinajstić information content (AvgIpc) is 2.50. The molecule has 1 heterocycles. The van der Waals surface area contributed by atoms with Crippen LogP contribution in [-0.2, 0) is 11.0 Å². The lowest BCUT2D eigenvalue weighted by Gasteiger charge is -2.38. The van der Waals surface area contributed by atoms with Crippen LogP contribution in [0, 0.1) is 0 Å². The van der Waals surface area contributed by atoms with E-state index in [9.17, 15) is 0 Å². The molecule has 0 bridgehead atoms. The Morgan fingerprint density at radius 3 is 2.21 bits per heavy atom. The van der Waals surface area contributed by atoms with Gasteiger partial charge < -0.3 is 4.43 Å². The Morgan fingerprint density at radius 1 is 1.04 bits per heavy atom. The van der Waals surface area contributed by atoms with E-state index < -0.39 is 8.32 Å². The third-order valence-corrected chi connectivity index (χ3v) is 10.8. The van der Waals surface area contributed by atoms with Crippen LogP contribution in [0.25, 0.3) is 0 Å². The minimum absolute atomic E-state index is 0.300. The van der Waals surface area contributed by atoms with Gasteiger partial charge in [-0.1, -0.05) is 54.9 Å². The number of rotatable bonds is 6. The minimum Gasteiger partial charge on any atom is -0.416 e. The highest BCUT2D eigenvalue weighted by Gasteiger charge is 2.37. The van der Waals surface area contributed by atoms with E-state index in [-0.39, 0.29) is 0 Å². The standard InChI is InChI=1S/C19H33BrN2OSi/c1-19(2,3)24(4,5)23-15-14-21-10-12-22(13-11-21)16-17-8-6-7-9-18(17)20/h6-9H,10-16H2,1-5H3. The van der Waals surface area contributed by atoms with Crippen molar-refractivity contribution in [1.82, 2.24) is 9.80 Å². The van der Waals surface area contributed by atoms with E-state index in [4.69, 9.17) is 4.43 Å². The normalized spacial score (nSPS) is 18.1. The Kier molecular flexibility index (Phi) is 7.08. The van der Waals surface area contributed by atoms with Gasteiger partial charge in [-0.15, -0.1) is 0 Å². The first-order chi connectivity index (χ1) is 11.2. The first-order valence-corrected chi connectivity index (χ1v) is 12.7. The molecule has 0 aromatic heterocycles. The molecular formula is C19H33BrN2OSi. The summed E-state index contributed by atoms with van der Waals surface area (Å²) in [6, 6.07) is 8.54. The van der Waals surface area contributed by atoms with Crippen molar-refractivity contribution in [2.75, 3.05) is 39.3 Å². The fraction of sp³-hybridized carbons (Fsp3) is 0.684. The molecule has 3 nitrogen and oxygen atoms in total. The summed E-state index contributed by atoms with van der Waals surface area (Å²) in [6.45, 7) is 19.1. The smallest absolute Gasteiger partial charge is 0.192 e. The maximum absolute atomic E-state index is 6.31. The van der Waals surface area contributed by atoms with Gasteiger partial charge in [0.05, 0.1) is 0 Å². The summed E-state index contributed by atoms with van der Waals surface area (Å²) >= 11 is 3.65. The van der Waals surface area contributed by atoms with Crippen LogP contribution in [0.4, 0.5) is 0 Å². The summed E-state index contributed by atoms with van der Waals surface area (Å²) in [6.07, 6.45) is 0. The third-order valence-electron chi connectivity index (χ3n) is 5.49. The maximum atomic E-state index is 6.31. The molecule has 0 atom stereocenters. The van der Waals surface area contributed by atoms with Gasteiger partial charge in [0.25, 0.3) is 0 Å². The summed E-state index contributed by atoms with van der Waals surface area (Å²) in [4.78, 5) is 5.09. The molecule has 0 radical (unpaired) electrons. The van der Waals surface area contributed by atoms with E-state index in [2.05, 4.69) is 83.9 Å². The highest BCUT2D eigenvalue weighted by Crippen LogP contribution is 2.36. The van der Waals surface area contributed by atoms with Gasteiger partial charge >= 0.3 is 0 Å². The summed E-state index contributed by atoms with van der Waals surface area (Å²) in [5.74, 6) is 0. The Hall–Kier alpha value is -0.203. The van der Waals surface area contributed by atoms with Crippen molar-refractivity contribution in [2.45, 2.75) is 45.4 Å². The number of benzene rings is 1. The van der Waals surface area contributed by atoms with E-state index in [1.807, 2.05) is 0 Å². The Bertz CT molecular complexity index is 522. The molecule has 0 spiro atoms. The van der Waals surface area contributed by atoms with Crippen molar-refractivity contribution in [1.29, 1.82) is 0 Å². The molecular weight excluding hydrogens is 380 g/mol. The van der Waals surface area contributed by atoms with Crippen molar-refractivity contribution in [3.63, 3.8) is 0 Å². The maximum Gasteiger partial charge on any atom is 0.192 e. The van der Waals surface area contributed by atoms with Gasteiger partial charge in [-0.2, -0.15) is 0 Å². The molecule has 136 valence electrons. The second kappa shape index (κ2) is 8.45. The molecule has 1 aromatic carbocycles. The van der Waals surface area contributed by atoms with Crippen molar-refractivity contribution >= 4 is 24.2 Å². The largest absolute Gasteiger partial charge is 0.416 e. The molecule has 5 heteroatoms. The van der Waals surface area contributed by atoms with Gasteiger partial charge in [-0.05, 0) is 29.8 Å². The van der Waals surface area contributed by atoms with Crippen molar-refractivity contribution in [3.8, 4) is 0 Å². The highest BCUT2D eigenvalue weighted by atomic mass is 79.9. The molecule has 1 aliphatic rings. The van der Waals surface area contributed by atoms with Crippen LogP contribution in [0.5, 0.6) is 0 Å². The van der Waals surface area contributed by atoms with Crippen LogP contribution < -0.4 is 0 Å². The van der Waals surface area contributed by atoms with Crippen LogP contribution in [0.15, 0.2) is 28.7 Å². The number of hydrogen-bond donors (Lipinski definition) is 0. The van der Waals surface area contributed by atoms with Gasteiger partial charge in [0.2, 0.25) is 0 Å². The lowest BCUT2D eigenvalue weighted by molar-refractivity contribution is 0.110.